The van der Waals surface area contributed by atoms with Gasteiger partial charge in [-0.05, 0) is 73.4 Å². The number of carbonyl (C=O) groups excluding carboxylic acids is 1. The molecule has 2 heterocycles. The van der Waals surface area contributed by atoms with Crippen molar-refractivity contribution in [1.29, 1.82) is 0 Å². The average molecular weight is 601 g/mol. The van der Waals surface area contributed by atoms with E-state index in [-0.39, 0.29) is 29.3 Å². The van der Waals surface area contributed by atoms with E-state index in [0.717, 1.165) is 26.1 Å². The summed E-state index contributed by atoms with van der Waals surface area (Å²) < 4.78 is 5.50. The number of hydrogen-bond acceptors (Lipinski definition) is 4. The molecule has 2 saturated heterocycles. The van der Waals surface area contributed by atoms with Crippen molar-refractivity contribution in [1.82, 2.24) is 4.90 Å². The summed E-state index contributed by atoms with van der Waals surface area (Å²) in [5.41, 5.74) is 5.36. The fourth-order valence-electron chi connectivity index (χ4n) is 5.22. The van der Waals surface area contributed by atoms with Crippen LogP contribution in [-0.2, 0) is 15.6 Å². The molecule has 0 atom stereocenters. The normalized spacial score (nSPS) is 16.8. The fourth-order valence-corrected chi connectivity index (χ4v) is 5.22. The molecule has 1 amide bonds. The topological polar surface area (TPSA) is 52.6 Å². The maximum absolute atomic E-state index is 12.2. The highest BCUT2D eigenvalue weighted by atomic mass is 35.5. The lowest BCUT2D eigenvalue weighted by Crippen LogP contribution is -3.00. The van der Waals surface area contributed by atoms with Gasteiger partial charge in [-0.3, -0.25) is 0 Å². The lowest BCUT2D eigenvalue weighted by atomic mass is 9.87. The third-order valence-corrected chi connectivity index (χ3v) is 7.78. The molecule has 0 spiro atoms. The number of quaternary nitrogens is 1. The number of ether oxygens (including phenoxy) is 1. The van der Waals surface area contributed by atoms with Crippen molar-refractivity contribution in [3.05, 3.63) is 59.7 Å². The SMILES string of the molecule is CC(C)(C)OC(=O)N1CCCN(c2ccc(C(C)(C)C)cc2)CC1.CC(C)(C)c1ccc(N2CCC[NH2+]CC2)cc1.[Cl-]. The van der Waals surface area contributed by atoms with Gasteiger partial charge in [0, 0.05) is 50.5 Å². The summed E-state index contributed by atoms with van der Waals surface area (Å²) in [6, 6.07) is 18.0. The van der Waals surface area contributed by atoms with E-state index in [1.165, 1.54) is 55.1 Å². The maximum atomic E-state index is 12.2. The zero-order chi connectivity index (χ0) is 30.3. The largest absolute Gasteiger partial charge is 1.00 e. The first-order valence-electron chi connectivity index (χ1n) is 15.6. The van der Waals surface area contributed by atoms with Crippen LogP contribution in [0.5, 0.6) is 0 Å². The van der Waals surface area contributed by atoms with Crippen LogP contribution in [-0.4, -0.2) is 69.0 Å². The molecule has 2 aromatic rings. The minimum absolute atomic E-state index is 0. The molecular formula is C35H57ClN4O2. The first kappa shape index (κ1) is 35.8. The molecule has 0 aliphatic carbocycles. The summed E-state index contributed by atoms with van der Waals surface area (Å²) in [5, 5.41) is 2.42. The van der Waals surface area contributed by atoms with E-state index in [4.69, 9.17) is 4.74 Å². The lowest BCUT2D eigenvalue weighted by molar-refractivity contribution is -0.650. The van der Waals surface area contributed by atoms with Crippen molar-refractivity contribution in [3.8, 4) is 0 Å². The average Bonchev–Trinajstić information content (AvgIpc) is 3.31. The summed E-state index contributed by atoms with van der Waals surface area (Å²) in [4.78, 5) is 18.9. The Morgan fingerprint density at radius 1 is 0.619 bits per heavy atom. The summed E-state index contributed by atoms with van der Waals surface area (Å²) in [6.07, 6.45) is 2.05. The van der Waals surface area contributed by atoms with Gasteiger partial charge in [0.1, 0.15) is 5.60 Å². The summed E-state index contributed by atoms with van der Waals surface area (Å²) >= 11 is 0. The molecule has 7 heteroatoms. The smallest absolute Gasteiger partial charge is 0.410 e. The van der Waals surface area contributed by atoms with Crippen LogP contribution < -0.4 is 27.5 Å². The Bertz CT molecular complexity index is 1070. The number of nitrogens with zero attached hydrogens (tertiary/aromatic N) is 3. The first-order valence-corrected chi connectivity index (χ1v) is 15.6. The van der Waals surface area contributed by atoms with Gasteiger partial charge in [-0.15, -0.1) is 0 Å². The third-order valence-electron chi connectivity index (χ3n) is 7.78. The predicted octanol–water partition coefficient (Wildman–Crippen LogP) is 3.19. The minimum Gasteiger partial charge on any atom is -1.00 e. The van der Waals surface area contributed by atoms with Crippen molar-refractivity contribution < 1.29 is 27.3 Å². The molecule has 2 aliphatic rings. The molecule has 0 saturated carbocycles. The molecule has 6 nitrogen and oxygen atoms in total. The number of hydrogen-bond donors (Lipinski definition) is 1. The van der Waals surface area contributed by atoms with Crippen LogP contribution >= 0.6 is 0 Å². The maximum Gasteiger partial charge on any atom is 0.410 e. The molecule has 0 bridgehead atoms. The highest BCUT2D eigenvalue weighted by Gasteiger charge is 2.25. The molecule has 2 N–H and O–H groups in total. The molecule has 0 aromatic heterocycles. The van der Waals surface area contributed by atoms with E-state index < -0.39 is 5.60 Å². The van der Waals surface area contributed by atoms with Gasteiger partial charge in [-0.2, -0.15) is 0 Å². The van der Waals surface area contributed by atoms with Crippen LogP contribution in [0.3, 0.4) is 0 Å². The number of benzene rings is 2. The lowest BCUT2D eigenvalue weighted by Gasteiger charge is -2.27. The number of carbonyl (C=O) groups is 1. The van der Waals surface area contributed by atoms with Gasteiger partial charge < -0.3 is 37.2 Å². The molecule has 42 heavy (non-hydrogen) atoms. The molecular weight excluding hydrogens is 544 g/mol. The van der Waals surface area contributed by atoms with E-state index in [0.29, 0.717) is 6.54 Å². The van der Waals surface area contributed by atoms with Crippen molar-refractivity contribution in [2.24, 2.45) is 0 Å². The minimum atomic E-state index is -0.439. The van der Waals surface area contributed by atoms with Crippen molar-refractivity contribution >= 4 is 17.5 Å². The highest BCUT2D eigenvalue weighted by Crippen LogP contribution is 2.26. The van der Waals surface area contributed by atoms with E-state index in [1.807, 2.05) is 25.7 Å². The van der Waals surface area contributed by atoms with Crippen LogP contribution in [0.4, 0.5) is 16.2 Å². The van der Waals surface area contributed by atoms with E-state index >= 15 is 0 Å². The molecule has 4 rings (SSSR count). The number of anilines is 2. The second kappa shape index (κ2) is 15.3. The summed E-state index contributed by atoms with van der Waals surface area (Å²) in [6.45, 7) is 27.4. The Morgan fingerprint density at radius 3 is 1.57 bits per heavy atom. The van der Waals surface area contributed by atoms with Gasteiger partial charge in [0.15, 0.2) is 0 Å². The van der Waals surface area contributed by atoms with Crippen LogP contribution in [0, 0.1) is 0 Å². The van der Waals surface area contributed by atoms with E-state index in [9.17, 15) is 4.79 Å². The van der Waals surface area contributed by atoms with E-state index in [2.05, 4.69) is 105 Å². The van der Waals surface area contributed by atoms with E-state index in [1.54, 1.807) is 0 Å². The van der Waals surface area contributed by atoms with Gasteiger partial charge in [0.2, 0.25) is 0 Å². The summed E-state index contributed by atoms with van der Waals surface area (Å²) in [7, 11) is 0. The number of nitrogens with two attached hydrogens (primary N) is 1. The molecule has 236 valence electrons. The van der Waals surface area contributed by atoms with Crippen LogP contribution in [0.1, 0.15) is 86.3 Å². The highest BCUT2D eigenvalue weighted by molar-refractivity contribution is 5.68. The van der Waals surface area contributed by atoms with Crippen molar-refractivity contribution in [3.63, 3.8) is 0 Å². The van der Waals surface area contributed by atoms with Crippen LogP contribution in [0.15, 0.2) is 48.5 Å². The van der Waals surface area contributed by atoms with Gasteiger partial charge >= 0.3 is 6.09 Å². The molecule has 2 aliphatic heterocycles. The fraction of sp³-hybridized carbons (Fsp3) is 0.629. The van der Waals surface area contributed by atoms with Gasteiger partial charge in [-0.25, -0.2) is 4.79 Å². The molecule has 2 fully saturated rings. The number of amides is 1. The zero-order valence-corrected chi connectivity index (χ0v) is 28.6. The van der Waals surface area contributed by atoms with Crippen LogP contribution in [0.2, 0.25) is 0 Å². The van der Waals surface area contributed by atoms with Gasteiger partial charge in [0.25, 0.3) is 0 Å². The molecule has 0 radical (unpaired) electrons. The quantitative estimate of drug-likeness (QED) is 0.575. The second-order valence-electron chi connectivity index (χ2n) is 14.6. The predicted molar refractivity (Wildman–Crippen MR) is 173 cm³/mol. The standard InChI is InChI=1S/C20H32N2O2.C15H24N2.ClH/c1-19(2,3)16-8-10-17(11-9-16)21-12-7-13-22(15-14-21)18(23)24-20(4,5)6;1-15(2,3)13-5-7-14(8-6-13)17-11-4-9-16-10-12-17;/h8-11H,7,12-15H2,1-6H3;5-8,16H,4,9-12H2,1-3H3;1H. The number of halogens is 1. The number of rotatable bonds is 2. The Labute approximate surface area is 262 Å². The Morgan fingerprint density at radius 2 is 1.10 bits per heavy atom. The van der Waals surface area contributed by atoms with Gasteiger partial charge in [-0.1, -0.05) is 65.8 Å². The Balaban J connectivity index is 0.000000302. The first-order chi connectivity index (χ1) is 19.1. The third kappa shape index (κ3) is 11.3. The van der Waals surface area contributed by atoms with Crippen LogP contribution in [0.25, 0.3) is 0 Å². The summed E-state index contributed by atoms with van der Waals surface area (Å²) in [5.74, 6) is 0. The Kier molecular flexibility index (Phi) is 13.1. The Hall–Kier alpha value is -2.44. The monoisotopic (exact) mass is 600 g/mol. The van der Waals surface area contributed by atoms with Gasteiger partial charge in [0.05, 0.1) is 19.6 Å². The van der Waals surface area contributed by atoms with Crippen molar-refractivity contribution in [2.45, 2.75) is 91.6 Å². The zero-order valence-electron chi connectivity index (χ0n) is 27.8. The van der Waals surface area contributed by atoms with Crippen molar-refractivity contribution in [2.75, 3.05) is 62.2 Å². The molecule has 2 aromatic carbocycles. The molecule has 0 unspecified atom stereocenters. The second-order valence-corrected chi connectivity index (χ2v) is 14.6.